The topological polar surface area (TPSA) is 70.7 Å². The first kappa shape index (κ1) is 18.7. The molecule has 1 aromatic carbocycles. The molecule has 1 aliphatic rings. The van der Waals surface area contributed by atoms with Gasteiger partial charge in [-0.15, -0.1) is 0 Å². The van der Waals surface area contributed by atoms with Gasteiger partial charge in [-0.1, -0.05) is 17.7 Å². The van der Waals surface area contributed by atoms with Gasteiger partial charge in [0.2, 0.25) is 11.8 Å². The van der Waals surface area contributed by atoms with Crippen LogP contribution in [0.4, 0.5) is 5.69 Å². The van der Waals surface area contributed by atoms with E-state index in [1.807, 2.05) is 25.7 Å². The van der Waals surface area contributed by atoms with Crippen molar-refractivity contribution in [3.05, 3.63) is 28.8 Å². The lowest BCUT2D eigenvalue weighted by Gasteiger charge is -2.34. The fraction of sp³-hybridized carbons (Fsp3) is 0.529. The third-order valence-corrected chi connectivity index (χ3v) is 4.26. The molecule has 2 N–H and O–H groups in total. The molecule has 1 fully saturated rings. The van der Waals surface area contributed by atoms with Crippen molar-refractivity contribution in [3.8, 4) is 0 Å². The van der Waals surface area contributed by atoms with E-state index in [0.717, 1.165) is 5.56 Å². The van der Waals surface area contributed by atoms with E-state index in [4.69, 9.17) is 16.3 Å². The first-order valence-corrected chi connectivity index (χ1v) is 8.42. The zero-order valence-electron chi connectivity index (χ0n) is 14.3. The quantitative estimate of drug-likeness (QED) is 0.847. The molecule has 0 aromatic heterocycles. The van der Waals surface area contributed by atoms with Crippen LogP contribution in [0, 0.1) is 6.92 Å². The number of halogens is 1. The van der Waals surface area contributed by atoms with E-state index < -0.39 is 0 Å². The van der Waals surface area contributed by atoms with E-state index >= 15 is 0 Å². The second-order valence-corrected chi connectivity index (χ2v) is 6.60. The van der Waals surface area contributed by atoms with Crippen molar-refractivity contribution < 1.29 is 14.3 Å². The van der Waals surface area contributed by atoms with Crippen LogP contribution in [0.1, 0.15) is 19.4 Å². The Bertz CT molecular complexity index is 599. The molecule has 0 unspecified atom stereocenters. The maximum Gasteiger partial charge on any atom is 0.243 e. The minimum atomic E-state index is -0.280. The normalized spacial score (nSPS) is 21.3. The fourth-order valence-electron chi connectivity index (χ4n) is 2.79. The summed E-state index contributed by atoms with van der Waals surface area (Å²) in [6.07, 6.45) is 0.214. The molecule has 1 heterocycles. The lowest BCUT2D eigenvalue weighted by atomic mass is 10.2. The number of nitrogens with one attached hydrogen (secondary N) is 2. The van der Waals surface area contributed by atoms with Gasteiger partial charge in [-0.2, -0.15) is 0 Å². The molecule has 1 saturated heterocycles. The van der Waals surface area contributed by atoms with Crippen molar-refractivity contribution >= 4 is 29.1 Å². The Labute approximate surface area is 147 Å². The van der Waals surface area contributed by atoms with Crippen LogP contribution in [0.25, 0.3) is 0 Å². The molecule has 0 bridgehead atoms. The van der Waals surface area contributed by atoms with Crippen LogP contribution in [0.15, 0.2) is 18.2 Å². The number of morpholine rings is 1. The van der Waals surface area contributed by atoms with Gasteiger partial charge in [-0.05, 0) is 38.5 Å². The number of ether oxygens (including phenoxy) is 1. The predicted molar refractivity (Wildman–Crippen MR) is 94.3 cm³/mol. The number of carbonyl (C=O) groups excluding carboxylic acids is 2. The van der Waals surface area contributed by atoms with E-state index in [1.54, 1.807) is 18.2 Å². The third kappa shape index (κ3) is 5.47. The Morgan fingerprint density at radius 1 is 1.25 bits per heavy atom. The number of nitrogens with zero attached hydrogens (tertiary/aromatic N) is 1. The summed E-state index contributed by atoms with van der Waals surface area (Å²) in [5, 5.41) is 5.99. The highest BCUT2D eigenvalue weighted by atomic mass is 35.5. The predicted octanol–water partition coefficient (Wildman–Crippen LogP) is 1.81. The molecule has 2 atom stereocenters. The van der Waals surface area contributed by atoms with Gasteiger partial charge >= 0.3 is 0 Å². The summed E-state index contributed by atoms with van der Waals surface area (Å²) in [6.45, 7) is 7.43. The smallest absolute Gasteiger partial charge is 0.243 e. The van der Waals surface area contributed by atoms with Crippen LogP contribution < -0.4 is 10.6 Å². The molecule has 0 spiro atoms. The van der Waals surface area contributed by atoms with Gasteiger partial charge in [0.05, 0.1) is 25.3 Å². The number of hydrogen-bond acceptors (Lipinski definition) is 4. The molecule has 2 rings (SSSR count). The maximum atomic E-state index is 12.0. The fourth-order valence-corrected chi connectivity index (χ4v) is 2.96. The van der Waals surface area contributed by atoms with E-state index in [0.29, 0.717) is 23.8 Å². The molecular weight excluding hydrogens is 330 g/mol. The van der Waals surface area contributed by atoms with E-state index in [-0.39, 0.29) is 37.1 Å². The van der Waals surface area contributed by atoms with E-state index in [2.05, 4.69) is 10.6 Å². The molecular formula is C17H24ClN3O3. The van der Waals surface area contributed by atoms with Gasteiger partial charge in [0.1, 0.15) is 0 Å². The second kappa shape index (κ2) is 8.46. The molecule has 7 heteroatoms. The average Bonchev–Trinajstić information content (AvgIpc) is 2.49. The monoisotopic (exact) mass is 353 g/mol. The first-order valence-electron chi connectivity index (χ1n) is 8.04. The average molecular weight is 354 g/mol. The van der Waals surface area contributed by atoms with Gasteiger partial charge < -0.3 is 15.4 Å². The lowest BCUT2D eigenvalue weighted by Crippen LogP contribution is -2.49. The van der Waals surface area contributed by atoms with Crippen LogP contribution in [0.2, 0.25) is 5.02 Å². The number of carbonyl (C=O) groups is 2. The summed E-state index contributed by atoms with van der Waals surface area (Å²) in [5.41, 5.74) is 1.45. The van der Waals surface area contributed by atoms with Crippen molar-refractivity contribution in [2.75, 3.05) is 31.5 Å². The molecule has 0 radical (unpaired) electrons. The molecule has 132 valence electrons. The van der Waals surface area contributed by atoms with Gasteiger partial charge in [0.25, 0.3) is 0 Å². The summed E-state index contributed by atoms with van der Waals surface area (Å²) < 4.78 is 5.64. The van der Waals surface area contributed by atoms with Crippen molar-refractivity contribution in [2.45, 2.75) is 33.0 Å². The van der Waals surface area contributed by atoms with E-state index in [1.165, 1.54) is 0 Å². The third-order valence-electron chi connectivity index (χ3n) is 3.85. The largest absolute Gasteiger partial charge is 0.373 e. The number of anilines is 1. The maximum absolute atomic E-state index is 12.0. The van der Waals surface area contributed by atoms with Crippen LogP contribution in [-0.2, 0) is 14.3 Å². The summed E-state index contributed by atoms with van der Waals surface area (Å²) in [4.78, 5) is 26.0. The highest BCUT2D eigenvalue weighted by molar-refractivity contribution is 6.31. The summed E-state index contributed by atoms with van der Waals surface area (Å²) in [7, 11) is 0. The summed E-state index contributed by atoms with van der Waals surface area (Å²) in [6, 6.07) is 5.31. The van der Waals surface area contributed by atoms with Crippen molar-refractivity contribution in [3.63, 3.8) is 0 Å². The van der Waals surface area contributed by atoms with Crippen molar-refractivity contribution in [1.82, 2.24) is 10.2 Å². The molecule has 0 saturated carbocycles. The number of benzene rings is 1. The van der Waals surface area contributed by atoms with E-state index in [9.17, 15) is 9.59 Å². The molecule has 1 aromatic rings. The highest BCUT2D eigenvalue weighted by Gasteiger charge is 2.23. The molecule has 0 aliphatic carbocycles. The Kier molecular flexibility index (Phi) is 6.60. The zero-order valence-corrected chi connectivity index (χ0v) is 15.0. The Hall–Kier alpha value is -1.63. The van der Waals surface area contributed by atoms with Crippen LogP contribution in [0.5, 0.6) is 0 Å². The molecule has 24 heavy (non-hydrogen) atoms. The summed E-state index contributed by atoms with van der Waals surface area (Å²) >= 11 is 6.02. The standard InChI is InChI=1S/C17H24ClN3O3/c1-11-8-21(9-12(2)24-11)10-17(23)19-7-16(22)20-15-6-4-5-14(18)13(15)3/h4-6,11-12H,7-10H2,1-3H3,(H,19,23)(H,20,22)/t11-,12-/m0/s1. The Morgan fingerprint density at radius 3 is 2.58 bits per heavy atom. The van der Waals surface area contributed by atoms with Gasteiger partial charge in [0, 0.05) is 23.8 Å². The molecule has 6 nitrogen and oxygen atoms in total. The Morgan fingerprint density at radius 2 is 1.92 bits per heavy atom. The van der Waals surface area contributed by atoms with Crippen LogP contribution in [0.3, 0.4) is 0 Å². The summed E-state index contributed by atoms with van der Waals surface area (Å²) in [5.74, 6) is -0.452. The zero-order chi connectivity index (χ0) is 17.7. The molecule has 1 aliphatic heterocycles. The number of hydrogen-bond donors (Lipinski definition) is 2. The van der Waals surface area contributed by atoms with Gasteiger partial charge in [-0.3, -0.25) is 14.5 Å². The Balaban J connectivity index is 1.77. The van der Waals surface area contributed by atoms with Crippen LogP contribution in [-0.4, -0.2) is 55.1 Å². The molecule has 2 amide bonds. The lowest BCUT2D eigenvalue weighted by molar-refractivity contribution is -0.128. The number of amides is 2. The van der Waals surface area contributed by atoms with Crippen LogP contribution >= 0.6 is 11.6 Å². The van der Waals surface area contributed by atoms with Crippen molar-refractivity contribution in [2.24, 2.45) is 0 Å². The van der Waals surface area contributed by atoms with Gasteiger partial charge in [-0.25, -0.2) is 0 Å². The number of rotatable bonds is 5. The van der Waals surface area contributed by atoms with Crippen molar-refractivity contribution in [1.29, 1.82) is 0 Å². The van der Waals surface area contributed by atoms with Gasteiger partial charge in [0.15, 0.2) is 0 Å². The first-order chi connectivity index (χ1) is 11.3. The minimum Gasteiger partial charge on any atom is -0.373 e. The highest BCUT2D eigenvalue weighted by Crippen LogP contribution is 2.22. The SMILES string of the molecule is Cc1c(Cl)cccc1NC(=O)CNC(=O)CN1C[C@H](C)O[C@@H](C)C1. The second-order valence-electron chi connectivity index (χ2n) is 6.19. The minimum absolute atomic E-state index is 0.0692.